The molecule has 0 bridgehead atoms. The molecule has 5 nitrogen and oxygen atoms in total. The van der Waals surface area contributed by atoms with Gasteiger partial charge in [-0.1, -0.05) is 11.8 Å². The molecule has 108 valence electrons. The molecule has 1 aromatic heterocycles. The summed E-state index contributed by atoms with van der Waals surface area (Å²) >= 11 is 1.53. The molecule has 1 aromatic carbocycles. The standard InChI is InChI=1S/C14H14FN5S/c15-10-5-3-9(4-6-10)12-8-21-14-18-17-13(20(14)19-12)11-2-1-7-16-11/h3-6,8,11,16,19H,1-2,7H2/p+1/t11-/m1/s1. The molecule has 3 N–H and O–H groups in total. The van der Waals surface area contributed by atoms with E-state index < -0.39 is 0 Å². The monoisotopic (exact) mass is 304 g/mol. The van der Waals surface area contributed by atoms with Gasteiger partial charge in [0, 0.05) is 23.8 Å². The topological polar surface area (TPSA) is 59.4 Å². The van der Waals surface area contributed by atoms with Gasteiger partial charge in [0.05, 0.1) is 12.2 Å². The van der Waals surface area contributed by atoms with Crippen LogP contribution in [0.15, 0.2) is 34.8 Å². The van der Waals surface area contributed by atoms with Gasteiger partial charge in [0.15, 0.2) is 0 Å². The normalized spacial score (nSPS) is 20.8. The summed E-state index contributed by atoms with van der Waals surface area (Å²) in [6.45, 7) is 1.14. The zero-order chi connectivity index (χ0) is 14.2. The van der Waals surface area contributed by atoms with Crippen molar-refractivity contribution in [1.29, 1.82) is 0 Å². The van der Waals surface area contributed by atoms with E-state index in [9.17, 15) is 4.39 Å². The van der Waals surface area contributed by atoms with Crippen molar-refractivity contribution in [3.05, 3.63) is 46.9 Å². The maximum absolute atomic E-state index is 13.0. The van der Waals surface area contributed by atoms with Gasteiger partial charge in [-0.15, -0.1) is 10.2 Å². The third kappa shape index (κ3) is 2.32. The van der Waals surface area contributed by atoms with Gasteiger partial charge in [0.1, 0.15) is 11.9 Å². The largest absolute Gasteiger partial charge is 0.337 e. The van der Waals surface area contributed by atoms with E-state index in [0.29, 0.717) is 6.04 Å². The van der Waals surface area contributed by atoms with Crippen LogP contribution in [0.1, 0.15) is 30.3 Å². The van der Waals surface area contributed by atoms with Crippen LogP contribution in [-0.2, 0) is 0 Å². The van der Waals surface area contributed by atoms with Crippen LogP contribution in [-0.4, -0.2) is 21.4 Å². The number of thioether (sulfide) groups is 1. The minimum atomic E-state index is -0.228. The molecular weight excluding hydrogens is 289 g/mol. The van der Waals surface area contributed by atoms with E-state index in [1.807, 2.05) is 10.1 Å². The average molecular weight is 304 g/mol. The zero-order valence-corrected chi connectivity index (χ0v) is 12.1. The van der Waals surface area contributed by atoms with E-state index in [1.165, 1.54) is 30.3 Å². The predicted octanol–water partition coefficient (Wildman–Crippen LogP) is 1.46. The van der Waals surface area contributed by atoms with Crippen LogP contribution >= 0.6 is 11.8 Å². The summed E-state index contributed by atoms with van der Waals surface area (Å²) in [6, 6.07) is 6.84. The lowest BCUT2D eigenvalue weighted by Crippen LogP contribution is -2.82. The minimum absolute atomic E-state index is 0.228. The number of hydrogen-bond donors (Lipinski definition) is 2. The van der Waals surface area contributed by atoms with Gasteiger partial charge >= 0.3 is 0 Å². The first kappa shape index (κ1) is 12.8. The van der Waals surface area contributed by atoms with Crippen molar-refractivity contribution < 1.29 is 9.71 Å². The number of nitrogens with two attached hydrogens (primary N) is 1. The Morgan fingerprint density at radius 2 is 2.14 bits per heavy atom. The molecule has 7 heteroatoms. The van der Waals surface area contributed by atoms with E-state index in [2.05, 4.69) is 20.9 Å². The number of benzene rings is 1. The second-order valence-corrected chi connectivity index (χ2v) is 6.05. The fraction of sp³-hybridized carbons (Fsp3) is 0.286. The summed E-state index contributed by atoms with van der Waals surface area (Å²) < 4.78 is 15.0. The highest BCUT2D eigenvalue weighted by Crippen LogP contribution is 2.30. The summed E-state index contributed by atoms with van der Waals surface area (Å²) in [7, 11) is 0. The van der Waals surface area contributed by atoms with Crippen molar-refractivity contribution in [2.75, 3.05) is 12.0 Å². The quantitative estimate of drug-likeness (QED) is 0.882. The lowest BCUT2D eigenvalue weighted by molar-refractivity contribution is -0.677. The molecule has 1 fully saturated rings. The van der Waals surface area contributed by atoms with E-state index in [0.717, 1.165) is 35.2 Å². The Kier molecular flexibility index (Phi) is 3.16. The fourth-order valence-corrected chi connectivity index (χ4v) is 3.48. The van der Waals surface area contributed by atoms with Crippen LogP contribution in [0, 0.1) is 5.82 Å². The molecule has 1 saturated heterocycles. The molecule has 0 aliphatic carbocycles. The number of halogens is 1. The average Bonchev–Trinajstić information content (AvgIpc) is 3.16. The van der Waals surface area contributed by atoms with Gasteiger partial charge in [-0.2, -0.15) is 0 Å². The van der Waals surface area contributed by atoms with E-state index in [4.69, 9.17) is 0 Å². The molecule has 0 amide bonds. The zero-order valence-electron chi connectivity index (χ0n) is 11.3. The molecule has 2 aliphatic heterocycles. The van der Waals surface area contributed by atoms with Crippen LogP contribution in [0.4, 0.5) is 4.39 Å². The maximum Gasteiger partial charge on any atom is 0.214 e. The second kappa shape index (κ2) is 5.16. The molecule has 0 spiro atoms. The van der Waals surface area contributed by atoms with Gasteiger partial charge in [-0.25, -0.2) is 9.07 Å². The first-order valence-electron chi connectivity index (χ1n) is 7.00. The Morgan fingerprint density at radius 3 is 2.90 bits per heavy atom. The van der Waals surface area contributed by atoms with Gasteiger partial charge < -0.3 is 5.32 Å². The van der Waals surface area contributed by atoms with E-state index >= 15 is 0 Å². The Balaban J connectivity index is 1.64. The molecule has 3 heterocycles. The minimum Gasteiger partial charge on any atom is -0.337 e. The Labute approximate surface area is 125 Å². The summed E-state index contributed by atoms with van der Waals surface area (Å²) in [5.41, 5.74) is 5.23. The van der Waals surface area contributed by atoms with Gasteiger partial charge in [0.2, 0.25) is 11.0 Å². The molecular formula is C14H15FN5S+. The molecule has 2 aromatic rings. The summed E-state index contributed by atoms with van der Waals surface area (Å²) in [5.74, 6) is 0.733. The lowest BCUT2D eigenvalue weighted by atomic mass is 10.2. The van der Waals surface area contributed by atoms with Gasteiger partial charge in [-0.3, -0.25) is 5.43 Å². The van der Waals surface area contributed by atoms with Gasteiger partial charge in [-0.05, 0) is 24.3 Å². The predicted molar refractivity (Wildman–Crippen MR) is 78.4 cm³/mol. The molecule has 1 atom stereocenters. The first-order valence-corrected chi connectivity index (χ1v) is 7.88. The highest BCUT2D eigenvalue weighted by molar-refractivity contribution is 8.02. The molecule has 0 unspecified atom stereocenters. The van der Waals surface area contributed by atoms with Crippen LogP contribution in [0.5, 0.6) is 0 Å². The number of nitrogens with zero attached hydrogens (tertiary/aromatic N) is 3. The smallest absolute Gasteiger partial charge is 0.214 e. The Morgan fingerprint density at radius 1 is 1.29 bits per heavy atom. The lowest BCUT2D eigenvalue weighted by Gasteiger charge is -2.20. The summed E-state index contributed by atoms with van der Waals surface area (Å²) in [4.78, 5) is 0. The third-order valence-electron chi connectivity index (χ3n) is 3.83. The Hall–Kier alpha value is -1.86. The SMILES string of the molecule is Fc1ccc(C2=CSc3nnc([C@H]4CCC[NH2+]4)n3N2)cc1. The number of aromatic nitrogens is 3. The number of rotatable bonds is 2. The molecule has 0 radical (unpaired) electrons. The first-order chi connectivity index (χ1) is 10.3. The van der Waals surface area contributed by atoms with Crippen molar-refractivity contribution in [2.24, 2.45) is 0 Å². The van der Waals surface area contributed by atoms with Crippen LogP contribution in [0.25, 0.3) is 5.70 Å². The van der Waals surface area contributed by atoms with Crippen molar-refractivity contribution in [2.45, 2.75) is 24.0 Å². The number of fused-ring (bicyclic) bond motifs is 1. The molecule has 21 heavy (non-hydrogen) atoms. The van der Waals surface area contributed by atoms with Crippen LogP contribution in [0.3, 0.4) is 0 Å². The van der Waals surface area contributed by atoms with Crippen molar-refractivity contribution in [1.82, 2.24) is 14.9 Å². The van der Waals surface area contributed by atoms with E-state index in [-0.39, 0.29) is 5.82 Å². The highest BCUT2D eigenvalue weighted by atomic mass is 32.2. The maximum atomic E-state index is 13.0. The van der Waals surface area contributed by atoms with E-state index in [1.54, 1.807) is 12.1 Å². The number of nitrogens with one attached hydrogen (secondary N) is 1. The van der Waals surface area contributed by atoms with Crippen LogP contribution < -0.4 is 10.7 Å². The van der Waals surface area contributed by atoms with Crippen molar-refractivity contribution >= 4 is 17.5 Å². The number of hydrogen-bond acceptors (Lipinski definition) is 4. The number of quaternary nitrogens is 1. The molecule has 0 saturated carbocycles. The Bertz CT molecular complexity index is 688. The fourth-order valence-electron chi connectivity index (χ4n) is 2.73. The third-order valence-corrected chi connectivity index (χ3v) is 4.66. The summed E-state index contributed by atoms with van der Waals surface area (Å²) in [6.07, 6.45) is 2.33. The highest BCUT2D eigenvalue weighted by Gasteiger charge is 2.29. The molecule has 2 aliphatic rings. The van der Waals surface area contributed by atoms with Gasteiger partial charge in [0.25, 0.3) is 0 Å². The van der Waals surface area contributed by atoms with Crippen LogP contribution in [0.2, 0.25) is 0 Å². The van der Waals surface area contributed by atoms with Crippen molar-refractivity contribution in [3.63, 3.8) is 0 Å². The molecule has 4 rings (SSSR count). The van der Waals surface area contributed by atoms with Crippen molar-refractivity contribution in [3.8, 4) is 0 Å². The summed E-state index contributed by atoms with van der Waals surface area (Å²) in [5, 5.41) is 13.7. The second-order valence-electron chi connectivity index (χ2n) is 5.22.